The summed E-state index contributed by atoms with van der Waals surface area (Å²) in [5.41, 5.74) is 1.47. The number of halogens is 1. The molecule has 2 aromatic carbocycles. The van der Waals surface area contributed by atoms with Crippen molar-refractivity contribution in [1.29, 1.82) is 0 Å². The molecule has 0 bridgehead atoms. The van der Waals surface area contributed by atoms with Crippen LogP contribution in [-0.2, 0) is 9.53 Å². The summed E-state index contributed by atoms with van der Waals surface area (Å²) in [6.07, 6.45) is 1.02. The van der Waals surface area contributed by atoms with Crippen LogP contribution in [-0.4, -0.2) is 62.0 Å². The first-order valence-corrected chi connectivity index (χ1v) is 11.1. The van der Waals surface area contributed by atoms with Gasteiger partial charge in [0.25, 0.3) is 11.8 Å². The van der Waals surface area contributed by atoms with Crippen LogP contribution in [0.3, 0.4) is 0 Å². The third kappa shape index (κ3) is 6.38. The van der Waals surface area contributed by atoms with E-state index in [1.54, 1.807) is 42.3 Å². The molecule has 33 heavy (non-hydrogen) atoms. The van der Waals surface area contributed by atoms with E-state index in [-0.39, 0.29) is 29.2 Å². The number of aryl methyl sites for hydroxylation is 1. The van der Waals surface area contributed by atoms with Gasteiger partial charge in [0.2, 0.25) is 5.91 Å². The zero-order valence-corrected chi connectivity index (χ0v) is 19.0. The van der Waals surface area contributed by atoms with Gasteiger partial charge in [-0.1, -0.05) is 29.8 Å². The third-order valence-corrected chi connectivity index (χ3v) is 5.86. The quantitative estimate of drug-likeness (QED) is 0.599. The lowest BCUT2D eigenvalue weighted by atomic mass is 9.88. The van der Waals surface area contributed by atoms with E-state index in [2.05, 4.69) is 10.6 Å². The Kier molecular flexibility index (Phi) is 8.54. The van der Waals surface area contributed by atoms with Crippen LogP contribution >= 0.6 is 0 Å². The average Bonchev–Trinajstić information content (AvgIpc) is 2.82. The molecule has 3 amide bonds. The Balaban J connectivity index is 1.69. The molecule has 2 aromatic rings. The lowest BCUT2D eigenvalue weighted by Gasteiger charge is -2.36. The second-order valence-corrected chi connectivity index (χ2v) is 8.21. The highest BCUT2D eigenvalue weighted by Gasteiger charge is 2.34. The molecular formula is C25H30FN3O4. The Morgan fingerprint density at radius 2 is 1.85 bits per heavy atom. The maximum absolute atomic E-state index is 14.0. The van der Waals surface area contributed by atoms with Crippen molar-refractivity contribution in [2.75, 3.05) is 33.4 Å². The van der Waals surface area contributed by atoms with Gasteiger partial charge >= 0.3 is 0 Å². The fourth-order valence-electron chi connectivity index (χ4n) is 4.04. The Hall–Kier alpha value is -3.26. The van der Waals surface area contributed by atoms with Crippen LogP contribution in [0.5, 0.6) is 0 Å². The third-order valence-electron chi connectivity index (χ3n) is 5.86. The van der Waals surface area contributed by atoms with Gasteiger partial charge in [-0.05, 0) is 49.9 Å². The number of ether oxygens (including phenoxy) is 1. The van der Waals surface area contributed by atoms with Crippen molar-refractivity contribution in [3.05, 3.63) is 71.0 Å². The molecule has 1 saturated heterocycles. The fraction of sp³-hybridized carbons (Fsp3) is 0.400. The first-order valence-electron chi connectivity index (χ1n) is 11.1. The molecule has 0 aromatic heterocycles. The molecule has 1 aliphatic rings. The van der Waals surface area contributed by atoms with Crippen LogP contribution in [0, 0.1) is 18.7 Å². The summed E-state index contributed by atoms with van der Waals surface area (Å²) in [6.45, 7) is 3.34. The lowest BCUT2D eigenvalue weighted by molar-refractivity contribution is -0.124. The largest absolute Gasteiger partial charge is 0.383 e. The Bertz CT molecular complexity index is 989. The Morgan fingerprint density at radius 1 is 1.12 bits per heavy atom. The van der Waals surface area contributed by atoms with E-state index in [4.69, 9.17) is 4.74 Å². The standard InChI is InChI=1S/C25H30FN3O4/c1-17-6-5-7-19(16-17)23(30)28-22(24(31)27-12-15-33-2)18-10-13-29(14-11-18)25(32)20-8-3-4-9-21(20)26/h3-9,16,18,22H,10-15H2,1-2H3,(H,27,31)(H,28,30). The molecule has 2 N–H and O–H groups in total. The van der Waals surface area contributed by atoms with E-state index >= 15 is 0 Å². The van der Waals surface area contributed by atoms with E-state index in [1.165, 1.54) is 12.1 Å². The molecule has 0 saturated carbocycles. The number of benzene rings is 2. The van der Waals surface area contributed by atoms with Crippen molar-refractivity contribution >= 4 is 17.7 Å². The molecule has 176 valence electrons. The van der Waals surface area contributed by atoms with E-state index in [9.17, 15) is 18.8 Å². The minimum atomic E-state index is -0.749. The number of nitrogens with one attached hydrogen (secondary N) is 2. The van der Waals surface area contributed by atoms with Crippen molar-refractivity contribution in [2.24, 2.45) is 5.92 Å². The van der Waals surface area contributed by atoms with Crippen molar-refractivity contribution in [1.82, 2.24) is 15.5 Å². The van der Waals surface area contributed by atoms with Gasteiger partial charge in [0.1, 0.15) is 11.9 Å². The normalized spacial score (nSPS) is 15.1. The maximum atomic E-state index is 14.0. The summed E-state index contributed by atoms with van der Waals surface area (Å²) in [4.78, 5) is 40.1. The number of carbonyl (C=O) groups excluding carboxylic acids is 3. The molecule has 1 heterocycles. The van der Waals surface area contributed by atoms with E-state index in [0.717, 1.165) is 5.56 Å². The average molecular weight is 456 g/mol. The van der Waals surface area contributed by atoms with Crippen LogP contribution in [0.15, 0.2) is 48.5 Å². The predicted molar refractivity (Wildman–Crippen MR) is 122 cm³/mol. The number of nitrogens with zero attached hydrogens (tertiary/aromatic N) is 1. The number of rotatable bonds is 8. The monoisotopic (exact) mass is 455 g/mol. The molecule has 1 aliphatic heterocycles. The Morgan fingerprint density at radius 3 is 2.52 bits per heavy atom. The minimum Gasteiger partial charge on any atom is -0.383 e. The SMILES string of the molecule is COCCNC(=O)C(NC(=O)c1cccc(C)c1)C1CCN(C(=O)c2ccccc2F)CC1. The van der Waals surface area contributed by atoms with Gasteiger partial charge in [-0.2, -0.15) is 0 Å². The molecule has 1 unspecified atom stereocenters. The van der Waals surface area contributed by atoms with Gasteiger partial charge in [-0.15, -0.1) is 0 Å². The molecule has 3 rings (SSSR count). The maximum Gasteiger partial charge on any atom is 0.256 e. The van der Waals surface area contributed by atoms with E-state index < -0.39 is 11.9 Å². The number of amides is 3. The van der Waals surface area contributed by atoms with Gasteiger partial charge in [0.15, 0.2) is 0 Å². The van der Waals surface area contributed by atoms with Crippen LogP contribution < -0.4 is 10.6 Å². The summed E-state index contributed by atoms with van der Waals surface area (Å²) < 4.78 is 19.0. The molecule has 0 spiro atoms. The minimum absolute atomic E-state index is 0.0394. The number of hydrogen-bond acceptors (Lipinski definition) is 4. The topological polar surface area (TPSA) is 87.7 Å². The van der Waals surface area contributed by atoms with Crippen LogP contribution in [0.2, 0.25) is 0 Å². The molecule has 1 fully saturated rings. The van der Waals surface area contributed by atoms with Crippen LogP contribution in [0.1, 0.15) is 39.1 Å². The molecule has 8 heteroatoms. The summed E-state index contributed by atoms with van der Waals surface area (Å²) in [6, 6.07) is 12.3. The Labute approximate surface area is 193 Å². The fourth-order valence-corrected chi connectivity index (χ4v) is 4.04. The molecule has 7 nitrogen and oxygen atoms in total. The smallest absolute Gasteiger partial charge is 0.256 e. The summed E-state index contributed by atoms with van der Waals surface area (Å²) >= 11 is 0. The lowest BCUT2D eigenvalue weighted by Crippen LogP contribution is -2.54. The highest BCUT2D eigenvalue weighted by molar-refractivity contribution is 5.98. The van der Waals surface area contributed by atoms with Crippen molar-refractivity contribution in [2.45, 2.75) is 25.8 Å². The number of piperidine rings is 1. The van der Waals surface area contributed by atoms with Gasteiger partial charge in [-0.3, -0.25) is 14.4 Å². The molecule has 1 atom stereocenters. The predicted octanol–water partition coefficient (Wildman–Crippen LogP) is 2.55. The van der Waals surface area contributed by atoms with Gasteiger partial charge < -0.3 is 20.3 Å². The second kappa shape index (κ2) is 11.6. The van der Waals surface area contributed by atoms with E-state index in [1.807, 2.05) is 13.0 Å². The highest BCUT2D eigenvalue weighted by Crippen LogP contribution is 2.23. The van der Waals surface area contributed by atoms with E-state index in [0.29, 0.717) is 44.6 Å². The van der Waals surface area contributed by atoms with Crippen molar-refractivity contribution < 1.29 is 23.5 Å². The zero-order valence-electron chi connectivity index (χ0n) is 19.0. The first kappa shape index (κ1) is 24.4. The number of carbonyl (C=O) groups is 3. The first-order chi connectivity index (χ1) is 15.9. The van der Waals surface area contributed by atoms with Crippen LogP contribution in [0.25, 0.3) is 0 Å². The second-order valence-electron chi connectivity index (χ2n) is 8.21. The van der Waals surface area contributed by atoms with Crippen molar-refractivity contribution in [3.8, 4) is 0 Å². The van der Waals surface area contributed by atoms with Gasteiger partial charge in [0.05, 0.1) is 12.2 Å². The molecular weight excluding hydrogens is 425 g/mol. The number of hydrogen-bond donors (Lipinski definition) is 2. The number of likely N-dealkylation sites (tertiary alicyclic amines) is 1. The van der Waals surface area contributed by atoms with Crippen LogP contribution in [0.4, 0.5) is 4.39 Å². The van der Waals surface area contributed by atoms with Gasteiger partial charge in [0, 0.05) is 32.3 Å². The van der Waals surface area contributed by atoms with Crippen molar-refractivity contribution in [3.63, 3.8) is 0 Å². The highest BCUT2D eigenvalue weighted by atomic mass is 19.1. The number of methoxy groups -OCH3 is 1. The summed E-state index contributed by atoms with van der Waals surface area (Å²) in [5, 5.41) is 5.69. The molecule has 0 aliphatic carbocycles. The molecule has 0 radical (unpaired) electrons. The van der Waals surface area contributed by atoms with Gasteiger partial charge in [-0.25, -0.2) is 4.39 Å². The zero-order chi connectivity index (χ0) is 23.8. The summed E-state index contributed by atoms with van der Waals surface area (Å²) in [7, 11) is 1.55. The summed E-state index contributed by atoms with van der Waals surface area (Å²) in [5.74, 6) is -1.68.